The number of hydrogen-bond acceptors (Lipinski definition) is 1. The largest absolute Gasteiger partial charge is 0.311 e. The number of rotatable bonds is 2. The first kappa shape index (κ1) is 11.6. The highest BCUT2D eigenvalue weighted by Gasteiger charge is 2.36. The van der Waals surface area contributed by atoms with Gasteiger partial charge in [0.25, 0.3) is 0 Å². The van der Waals surface area contributed by atoms with Crippen molar-refractivity contribution in [3.8, 4) is 0 Å². The molecule has 2 atom stereocenters. The Balaban J connectivity index is 2.19. The average Bonchev–Trinajstić information content (AvgIpc) is 2.31. The predicted octanol–water partition coefficient (Wildman–Crippen LogP) is 3.32. The lowest BCUT2D eigenvalue weighted by Crippen LogP contribution is -2.46. The van der Waals surface area contributed by atoms with Crippen molar-refractivity contribution in [1.82, 2.24) is 5.32 Å². The first-order chi connectivity index (χ1) is 7.60. The van der Waals surface area contributed by atoms with Crippen LogP contribution in [0.5, 0.6) is 0 Å². The molecule has 1 aliphatic rings. The van der Waals surface area contributed by atoms with Crippen LogP contribution in [0.1, 0.15) is 37.3 Å². The van der Waals surface area contributed by atoms with Crippen molar-refractivity contribution in [3.63, 3.8) is 0 Å². The molecule has 1 aromatic rings. The van der Waals surface area contributed by atoms with E-state index in [4.69, 9.17) is 0 Å². The standard InChI is InChI=1S/C14H20FN/c1-11-6-8-12(9-7-11)14(2,15)13-5-3-4-10-16-13/h6-9,13,16H,3-5,10H2,1-2H3. The molecular weight excluding hydrogens is 201 g/mol. The fourth-order valence-electron chi connectivity index (χ4n) is 2.40. The smallest absolute Gasteiger partial charge is 0.148 e. The second kappa shape index (κ2) is 4.54. The van der Waals surface area contributed by atoms with Gasteiger partial charge in [0.1, 0.15) is 5.67 Å². The van der Waals surface area contributed by atoms with Crippen LogP contribution in [0, 0.1) is 6.92 Å². The van der Waals surface area contributed by atoms with Gasteiger partial charge >= 0.3 is 0 Å². The summed E-state index contributed by atoms with van der Waals surface area (Å²) in [6, 6.07) is 7.74. The highest BCUT2D eigenvalue weighted by atomic mass is 19.1. The fraction of sp³-hybridized carbons (Fsp3) is 0.571. The molecule has 88 valence electrons. The maximum absolute atomic E-state index is 14.8. The molecule has 1 nitrogen and oxygen atoms in total. The van der Waals surface area contributed by atoms with E-state index in [0.717, 1.165) is 24.9 Å². The molecular formula is C14H20FN. The molecule has 0 saturated carbocycles. The molecule has 1 saturated heterocycles. The summed E-state index contributed by atoms with van der Waals surface area (Å²) >= 11 is 0. The van der Waals surface area contributed by atoms with Crippen LogP contribution in [0.3, 0.4) is 0 Å². The Bertz CT molecular complexity index is 336. The van der Waals surface area contributed by atoms with E-state index in [2.05, 4.69) is 5.32 Å². The lowest BCUT2D eigenvalue weighted by Gasteiger charge is -2.34. The lowest BCUT2D eigenvalue weighted by atomic mass is 9.85. The summed E-state index contributed by atoms with van der Waals surface area (Å²) < 4.78 is 14.8. The molecule has 2 rings (SSSR count). The Hall–Kier alpha value is -0.890. The van der Waals surface area contributed by atoms with Crippen molar-refractivity contribution in [1.29, 1.82) is 0 Å². The summed E-state index contributed by atoms with van der Waals surface area (Å²) in [5, 5.41) is 3.30. The van der Waals surface area contributed by atoms with Gasteiger partial charge < -0.3 is 5.32 Å². The molecule has 0 radical (unpaired) electrons. The minimum atomic E-state index is -1.26. The zero-order valence-corrected chi connectivity index (χ0v) is 10.1. The number of piperidine rings is 1. The van der Waals surface area contributed by atoms with Gasteiger partial charge in [-0.3, -0.25) is 0 Å². The van der Waals surface area contributed by atoms with E-state index in [0.29, 0.717) is 0 Å². The van der Waals surface area contributed by atoms with Crippen molar-refractivity contribution in [2.75, 3.05) is 6.54 Å². The minimum absolute atomic E-state index is 0.0380. The summed E-state index contributed by atoms with van der Waals surface area (Å²) in [5.41, 5.74) is 0.711. The molecule has 1 heterocycles. The second-order valence-electron chi connectivity index (χ2n) is 4.94. The second-order valence-corrected chi connectivity index (χ2v) is 4.94. The first-order valence-corrected chi connectivity index (χ1v) is 6.10. The normalized spacial score (nSPS) is 25.1. The number of hydrogen-bond donors (Lipinski definition) is 1. The van der Waals surface area contributed by atoms with Crippen molar-refractivity contribution < 1.29 is 4.39 Å². The lowest BCUT2D eigenvalue weighted by molar-refractivity contribution is 0.107. The van der Waals surface area contributed by atoms with Crippen molar-refractivity contribution in [3.05, 3.63) is 35.4 Å². The number of benzene rings is 1. The Kier molecular flexibility index (Phi) is 3.29. The molecule has 1 fully saturated rings. The number of halogens is 1. The number of alkyl halides is 1. The van der Waals surface area contributed by atoms with Gasteiger partial charge in [-0.2, -0.15) is 0 Å². The first-order valence-electron chi connectivity index (χ1n) is 6.10. The topological polar surface area (TPSA) is 12.0 Å². The molecule has 2 heteroatoms. The molecule has 2 unspecified atom stereocenters. The van der Waals surface area contributed by atoms with Crippen molar-refractivity contribution in [2.24, 2.45) is 0 Å². The van der Waals surface area contributed by atoms with Gasteiger partial charge in [0, 0.05) is 6.04 Å². The molecule has 0 aromatic heterocycles. The minimum Gasteiger partial charge on any atom is -0.311 e. The van der Waals surface area contributed by atoms with Gasteiger partial charge in [-0.25, -0.2) is 4.39 Å². The zero-order valence-electron chi connectivity index (χ0n) is 10.1. The van der Waals surface area contributed by atoms with Gasteiger partial charge in [-0.15, -0.1) is 0 Å². The third-order valence-corrected chi connectivity index (χ3v) is 3.58. The van der Waals surface area contributed by atoms with Crippen LogP contribution in [0.15, 0.2) is 24.3 Å². The third-order valence-electron chi connectivity index (χ3n) is 3.58. The van der Waals surface area contributed by atoms with Gasteiger partial charge in [-0.05, 0) is 38.8 Å². The van der Waals surface area contributed by atoms with Crippen LogP contribution < -0.4 is 5.32 Å². The van der Waals surface area contributed by atoms with Crippen LogP contribution in [-0.2, 0) is 5.67 Å². The van der Waals surface area contributed by atoms with E-state index in [1.165, 1.54) is 12.0 Å². The fourth-order valence-corrected chi connectivity index (χ4v) is 2.40. The maximum atomic E-state index is 14.8. The summed E-state index contributed by atoms with van der Waals surface area (Å²) in [4.78, 5) is 0. The SMILES string of the molecule is Cc1ccc(C(C)(F)C2CCCCN2)cc1. The quantitative estimate of drug-likeness (QED) is 0.807. The molecule has 0 amide bonds. The van der Waals surface area contributed by atoms with E-state index >= 15 is 0 Å². The van der Waals surface area contributed by atoms with Crippen LogP contribution in [0.2, 0.25) is 0 Å². The number of nitrogens with one attached hydrogen (secondary N) is 1. The Morgan fingerprint density at radius 3 is 2.50 bits per heavy atom. The molecule has 1 aliphatic heterocycles. The molecule has 0 bridgehead atoms. The maximum Gasteiger partial charge on any atom is 0.148 e. The number of aryl methyl sites for hydroxylation is 1. The van der Waals surface area contributed by atoms with Gasteiger partial charge in [0.05, 0.1) is 0 Å². The molecule has 1 N–H and O–H groups in total. The van der Waals surface area contributed by atoms with E-state index in [-0.39, 0.29) is 6.04 Å². The summed E-state index contributed by atoms with van der Waals surface area (Å²) in [6.07, 6.45) is 3.23. The van der Waals surface area contributed by atoms with E-state index < -0.39 is 5.67 Å². The molecule has 0 aliphatic carbocycles. The van der Waals surface area contributed by atoms with Crippen molar-refractivity contribution >= 4 is 0 Å². The van der Waals surface area contributed by atoms with Crippen LogP contribution in [0.25, 0.3) is 0 Å². The van der Waals surface area contributed by atoms with Crippen LogP contribution in [-0.4, -0.2) is 12.6 Å². The van der Waals surface area contributed by atoms with Gasteiger partial charge in [0.15, 0.2) is 0 Å². The Morgan fingerprint density at radius 2 is 1.94 bits per heavy atom. The highest BCUT2D eigenvalue weighted by Crippen LogP contribution is 2.33. The zero-order chi connectivity index (χ0) is 11.6. The van der Waals surface area contributed by atoms with Crippen molar-refractivity contribution in [2.45, 2.75) is 44.8 Å². The van der Waals surface area contributed by atoms with E-state index in [1.54, 1.807) is 6.92 Å². The average molecular weight is 221 g/mol. The summed E-state index contributed by atoms with van der Waals surface area (Å²) in [6.45, 7) is 4.66. The van der Waals surface area contributed by atoms with Gasteiger partial charge in [0.2, 0.25) is 0 Å². The molecule has 0 spiro atoms. The third kappa shape index (κ3) is 2.27. The Morgan fingerprint density at radius 1 is 1.25 bits per heavy atom. The van der Waals surface area contributed by atoms with Crippen LogP contribution >= 0.6 is 0 Å². The van der Waals surface area contributed by atoms with Gasteiger partial charge in [-0.1, -0.05) is 36.2 Å². The monoisotopic (exact) mass is 221 g/mol. The molecule has 1 aromatic carbocycles. The van der Waals surface area contributed by atoms with Crippen LogP contribution in [0.4, 0.5) is 4.39 Å². The highest BCUT2D eigenvalue weighted by molar-refractivity contribution is 5.27. The predicted molar refractivity (Wildman–Crippen MR) is 65.3 cm³/mol. The Labute approximate surface area is 97.1 Å². The molecule has 16 heavy (non-hydrogen) atoms. The summed E-state index contributed by atoms with van der Waals surface area (Å²) in [5.74, 6) is 0. The van der Waals surface area contributed by atoms with E-state index in [9.17, 15) is 4.39 Å². The summed E-state index contributed by atoms with van der Waals surface area (Å²) in [7, 11) is 0. The van der Waals surface area contributed by atoms with E-state index in [1.807, 2.05) is 31.2 Å².